The van der Waals surface area contributed by atoms with E-state index in [0.717, 1.165) is 22.0 Å². The SMILES string of the molecule is COC(=O)C[C@@H]1COc2cc(O[C@@H]3CCc4c(Oc5ccc6ccccc6n5)ccc(F)c43)ccc21. The first kappa shape index (κ1) is 22.3. The van der Waals surface area contributed by atoms with E-state index in [2.05, 4.69) is 4.98 Å². The summed E-state index contributed by atoms with van der Waals surface area (Å²) in [6, 6.07) is 20.2. The number of benzene rings is 3. The molecule has 36 heavy (non-hydrogen) atoms. The van der Waals surface area contributed by atoms with Crippen molar-refractivity contribution in [2.45, 2.75) is 31.3 Å². The summed E-state index contributed by atoms with van der Waals surface area (Å²) < 4.78 is 37.9. The number of hydrogen-bond acceptors (Lipinski definition) is 6. The Balaban J connectivity index is 1.23. The van der Waals surface area contributed by atoms with Crippen molar-refractivity contribution >= 4 is 16.9 Å². The summed E-state index contributed by atoms with van der Waals surface area (Å²) in [6.45, 7) is 0.415. The molecule has 7 heteroatoms. The van der Waals surface area contributed by atoms with Gasteiger partial charge in [0.15, 0.2) is 0 Å². The highest BCUT2D eigenvalue weighted by molar-refractivity contribution is 5.78. The number of methoxy groups -OCH3 is 1. The van der Waals surface area contributed by atoms with Crippen LogP contribution in [-0.2, 0) is 16.0 Å². The second-order valence-electron chi connectivity index (χ2n) is 9.01. The van der Waals surface area contributed by atoms with E-state index in [9.17, 15) is 9.18 Å². The number of ether oxygens (including phenoxy) is 4. The van der Waals surface area contributed by atoms with E-state index in [1.54, 1.807) is 6.07 Å². The fraction of sp³-hybridized carbons (Fsp3) is 0.241. The second kappa shape index (κ2) is 9.15. The Morgan fingerprint density at radius 2 is 2.00 bits per heavy atom. The number of esters is 1. The van der Waals surface area contributed by atoms with Crippen molar-refractivity contribution in [1.82, 2.24) is 4.98 Å². The summed E-state index contributed by atoms with van der Waals surface area (Å²) in [6.07, 6.45) is 1.07. The number of fused-ring (bicyclic) bond motifs is 3. The van der Waals surface area contributed by atoms with Crippen molar-refractivity contribution in [1.29, 1.82) is 0 Å². The molecule has 2 heterocycles. The number of nitrogens with zero attached hydrogens (tertiary/aromatic N) is 1. The molecule has 0 N–H and O–H groups in total. The van der Waals surface area contributed by atoms with Gasteiger partial charge in [0.1, 0.15) is 29.2 Å². The van der Waals surface area contributed by atoms with Crippen molar-refractivity contribution in [2.75, 3.05) is 13.7 Å². The summed E-state index contributed by atoms with van der Waals surface area (Å²) in [7, 11) is 1.38. The molecule has 6 nitrogen and oxygen atoms in total. The highest BCUT2D eigenvalue weighted by Gasteiger charge is 2.32. The summed E-state index contributed by atoms with van der Waals surface area (Å²) in [4.78, 5) is 16.2. The van der Waals surface area contributed by atoms with Crippen LogP contribution in [0.15, 0.2) is 66.7 Å². The van der Waals surface area contributed by atoms with Gasteiger partial charge in [-0.2, -0.15) is 0 Å². The topological polar surface area (TPSA) is 66.9 Å². The van der Waals surface area contributed by atoms with Gasteiger partial charge < -0.3 is 18.9 Å². The van der Waals surface area contributed by atoms with Gasteiger partial charge in [-0.25, -0.2) is 9.37 Å². The number of pyridine rings is 1. The van der Waals surface area contributed by atoms with Crippen molar-refractivity contribution < 1.29 is 28.1 Å². The number of carbonyl (C=O) groups excluding carboxylic acids is 1. The Labute approximate surface area is 207 Å². The molecule has 2 aliphatic rings. The highest BCUT2D eigenvalue weighted by Crippen LogP contribution is 2.44. The molecular weight excluding hydrogens is 461 g/mol. The van der Waals surface area contributed by atoms with Crippen molar-refractivity contribution in [2.24, 2.45) is 0 Å². The predicted molar refractivity (Wildman–Crippen MR) is 131 cm³/mol. The fourth-order valence-corrected chi connectivity index (χ4v) is 5.02. The number of aromatic nitrogens is 1. The van der Waals surface area contributed by atoms with Gasteiger partial charge in [0, 0.05) is 40.1 Å². The van der Waals surface area contributed by atoms with Gasteiger partial charge in [0.2, 0.25) is 5.88 Å². The molecule has 182 valence electrons. The standard InChI is InChI=1S/C29H24FNO5/c1-33-28(32)14-18-16-34-26-15-19(7-8-20(18)26)35-25-11-9-21-24(12-10-22(30)29(21)25)36-27-13-6-17-4-2-3-5-23(17)31-27/h2-8,10,12-13,15,18,25H,9,11,14,16H2,1H3/t18-,25-/m1/s1. The molecule has 0 amide bonds. The van der Waals surface area contributed by atoms with Gasteiger partial charge in [-0.05, 0) is 43.2 Å². The minimum atomic E-state index is -0.446. The molecule has 4 aromatic rings. The molecule has 1 aliphatic heterocycles. The average Bonchev–Trinajstić information content (AvgIpc) is 3.50. The van der Waals surface area contributed by atoms with E-state index >= 15 is 0 Å². The molecule has 2 atom stereocenters. The lowest BCUT2D eigenvalue weighted by atomic mass is 9.98. The van der Waals surface area contributed by atoms with Gasteiger partial charge in [0.25, 0.3) is 0 Å². The van der Waals surface area contributed by atoms with Crippen LogP contribution in [-0.4, -0.2) is 24.7 Å². The molecule has 0 bridgehead atoms. The lowest BCUT2D eigenvalue weighted by molar-refractivity contribution is -0.141. The molecule has 0 radical (unpaired) electrons. The third kappa shape index (κ3) is 4.11. The van der Waals surface area contributed by atoms with Gasteiger partial charge in [-0.1, -0.05) is 24.3 Å². The lowest BCUT2D eigenvalue weighted by Gasteiger charge is -2.17. The monoisotopic (exact) mass is 485 g/mol. The molecule has 0 saturated carbocycles. The number of carbonyl (C=O) groups is 1. The quantitative estimate of drug-likeness (QED) is 0.300. The van der Waals surface area contributed by atoms with Gasteiger partial charge in [-0.15, -0.1) is 0 Å². The Bertz CT molecular complexity index is 1470. The molecule has 0 fully saturated rings. The smallest absolute Gasteiger partial charge is 0.306 e. The molecule has 1 aromatic heterocycles. The van der Waals surface area contributed by atoms with Crippen LogP contribution < -0.4 is 14.2 Å². The number of para-hydroxylation sites is 1. The maximum atomic E-state index is 15.0. The highest BCUT2D eigenvalue weighted by atomic mass is 19.1. The lowest BCUT2D eigenvalue weighted by Crippen LogP contribution is -2.09. The van der Waals surface area contributed by atoms with Crippen molar-refractivity contribution in [3.63, 3.8) is 0 Å². The first-order valence-electron chi connectivity index (χ1n) is 11.9. The zero-order chi connectivity index (χ0) is 24.6. The molecule has 1 aliphatic carbocycles. The fourth-order valence-electron chi connectivity index (χ4n) is 5.02. The van der Waals surface area contributed by atoms with Crippen LogP contribution in [0.25, 0.3) is 10.9 Å². The number of halogens is 1. The summed E-state index contributed by atoms with van der Waals surface area (Å²) in [5.74, 6) is 1.68. The number of hydrogen-bond donors (Lipinski definition) is 0. The minimum Gasteiger partial charge on any atom is -0.492 e. The van der Waals surface area contributed by atoms with E-state index in [1.807, 2.05) is 54.6 Å². The Morgan fingerprint density at radius 1 is 1.11 bits per heavy atom. The Kier molecular flexibility index (Phi) is 5.68. The molecule has 3 aromatic carbocycles. The van der Waals surface area contributed by atoms with Gasteiger partial charge in [0.05, 0.1) is 25.7 Å². The van der Waals surface area contributed by atoms with Crippen molar-refractivity contribution in [3.8, 4) is 23.1 Å². The minimum absolute atomic E-state index is 0.0467. The summed E-state index contributed by atoms with van der Waals surface area (Å²) in [5.41, 5.74) is 3.09. The van der Waals surface area contributed by atoms with Gasteiger partial charge >= 0.3 is 5.97 Å². The van der Waals surface area contributed by atoms with E-state index in [4.69, 9.17) is 18.9 Å². The molecule has 0 saturated heterocycles. The van der Waals surface area contributed by atoms with Crippen LogP contribution in [0.4, 0.5) is 4.39 Å². The van der Waals surface area contributed by atoms with E-state index in [1.165, 1.54) is 13.2 Å². The normalized spacial score (nSPS) is 17.8. The molecular formula is C29H24FNO5. The van der Waals surface area contributed by atoms with Crippen molar-refractivity contribution in [3.05, 3.63) is 89.2 Å². The largest absolute Gasteiger partial charge is 0.492 e. The maximum Gasteiger partial charge on any atom is 0.306 e. The number of rotatable bonds is 6. The first-order chi connectivity index (χ1) is 17.6. The average molecular weight is 486 g/mol. The predicted octanol–water partition coefficient (Wildman–Crippen LogP) is 6.27. The summed E-state index contributed by atoms with van der Waals surface area (Å²) in [5, 5.41) is 1.03. The molecule has 0 spiro atoms. The van der Waals surface area contributed by atoms with Gasteiger partial charge in [-0.3, -0.25) is 4.79 Å². The third-order valence-electron chi connectivity index (χ3n) is 6.81. The van der Waals surface area contributed by atoms with E-state index in [-0.39, 0.29) is 24.1 Å². The van der Waals surface area contributed by atoms with Crippen LogP contribution in [0, 0.1) is 5.82 Å². The zero-order valence-electron chi connectivity index (χ0n) is 19.7. The third-order valence-corrected chi connectivity index (χ3v) is 6.81. The van der Waals surface area contributed by atoms with E-state index < -0.39 is 6.10 Å². The first-order valence-corrected chi connectivity index (χ1v) is 11.9. The Hall–Kier alpha value is -4.13. The second-order valence-corrected chi connectivity index (χ2v) is 9.01. The van der Waals surface area contributed by atoms with E-state index in [0.29, 0.717) is 48.1 Å². The Morgan fingerprint density at radius 3 is 2.89 bits per heavy atom. The molecule has 0 unspecified atom stereocenters. The van der Waals surface area contributed by atoms with Crippen LogP contribution in [0.1, 0.15) is 41.6 Å². The van der Waals surface area contributed by atoms with Crippen LogP contribution in [0.2, 0.25) is 0 Å². The zero-order valence-corrected chi connectivity index (χ0v) is 19.7. The molecule has 6 rings (SSSR count). The maximum absolute atomic E-state index is 15.0. The van der Waals surface area contributed by atoms with Crippen LogP contribution in [0.5, 0.6) is 23.1 Å². The van der Waals surface area contributed by atoms with Crippen LogP contribution >= 0.6 is 0 Å². The van der Waals surface area contributed by atoms with Crippen LogP contribution in [0.3, 0.4) is 0 Å². The summed E-state index contributed by atoms with van der Waals surface area (Å²) >= 11 is 0.